The van der Waals surface area contributed by atoms with Gasteiger partial charge in [-0.05, 0) is 30.5 Å². The van der Waals surface area contributed by atoms with Gasteiger partial charge in [0.1, 0.15) is 17.9 Å². The van der Waals surface area contributed by atoms with Gasteiger partial charge in [0.15, 0.2) is 6.61 Å². The fourth-order valence-corrected chi connectivity index (χ4v) is 2.21. The molecule has 1 heterocycles. The number of aryl methyl sites for hydroxylation is 1. The number of rotatable bonds is 8. The van der Waals surface area contributed by atoms with Crippen molar-refractivity contribution in [3.63, 3.8) is 0 Å². The molecule has 0 unspecified atom stereocenters. The normalized spacial score (nSPS) is 10.5. The van der Waals surface area contributed by atoms with E-state index in [0.29, 0.717) is 11.3 Å². The first-order valence-corrected chi connectivity index (χ1v) is 7.60. The second kappa shape index (κ2) is 8.17. The van der Waals surface area contributed by atoms with E-state index in [-0.39, 0.29) is 18.8 Å². The van der Waals surface area contributed by atoms with Gasteiger partial charge in [-0.15, -0.1) is 0 Å². The Kier molecular flexibility index (Phi) is 5.97. The zero-order chi connectivity index (χ0) is 16.7. The minimum Gasteiger partial charge on any atom is -0.482 e. The molecular formula is C18H20O5. The third kappa shape index (κ3) is 4.71. The lowest BCUT2D eigenvalue weighted by atomic mass is 10.0. The number of hydrogen-bond donors (Lipinski definition) is 0. The van der Waals surface area contributed by atoms with E-state index < -0.39 is 5.97 Å². The summed E-state index contributed by atoms with van der Waals surface area (Å²) in [6, 6.07) is 6.74. The number of hydrogen-bond acceptors (Lipinski definition) is 5. The summed E-state index contributed by atoms with van der Waals surface area (Å²) in [5.41, 5.74) is 1.04. The van der Waals surface area contributed by atoms with Gasteiger partial charge in [0.2, 0.25) is 0 Å². The Morgan fingerprint density at radius 3 is 2.91 bits per heavy atom. The van der Waals surface area contributed by atoms with E-state index in [2.05, 4.69) is 13.5 Å². The van der Waals surface area contributed by atoms with Crippen LogP contribution in [0.25, 0.3) is 11.0 Å². The van der Waals surface area contributed by atoms with Crippen LogP contribution in [0.1, 0.15) is 25.3 Å². The molecule has 0 bridgehead atoms. The summed E-state index contributed by atoms with van der Waals surface area (Å²) in [5.74, 6) is -0.0352. The van der Waals surface area contributed by atoms with Gasteiger partial charge in [-0.2, -0.15) is 0 Å². The zero-order valence-electron chi connectivity index (χ0n) is 13.2. The molecule has 0 saturated heterocycles. The highest BCUT2D eigenvalue weighted by Crippen LogP contribution is 2.23. The van der Waals surface area contributed by atoms with Crippen molar-refractivity contribution >= 4 is 16.9 Å². The first kappa shape index (κ1) is 16.8. The fraction of sp³-hybridized carbons (Fsp3) is 0.333. The highest BCUT2D eigenvalue weighted by molar-refractivity contribution is 5.81. The van der Waals surface area contributed by atoms with E-state index in [1.165, 1.54) is 12.1 Å². The van der Waals surface area contributed by atoms with Gasteiger partial charge >= 0.3 is 11.6 Å². The maximum atomic E-state index is 11.7. The fourth-order valence-electron chi connectivity index (χ4n) is 2.21. The minimum absolute atomic E-state index is 0.148. The molecule has 0 amide bonds. The third-order valence-corrected chi connectivity index (χ3v) is 3.32. The number of ether oxygens (including phenoxy) is 2. The van der Waals surface area contributed by atoms with Crippen molar-refractivity contribution in [1.29, 1.82) is 0 Å². The van der Waals surface area contributed by atoms with Crippen molar-refractivity contribution in [2.45, 2.75) is 26.2 Å². The van der Waals surface area contributed by atoms with E-state index in [0.717, 1.165) is 30.2 Å². The highest BCUT2D eigenvalue weighted by Gasteiger charge is 2.08. The van der Waals surface area contributed by atoms with Crippen molar-refractivity contribution in [2.24, 2.45) is 0 Å². The van der Waals surface area contributed by atoms with Gasteiger partial charge in [-0.3, -0.25) is 0 Å². The van der Waals surface area contributed by atoms with E-state index in [1.54, 1.807) is 12.1 Å². The van der Waals surface area contributed by atoms with Gasteiger partial charge in [0.05, 0.1) is 0 Å². The number of carbonyl (C=O) groups is 1. The van der Waals surface area contributed by atoms with Gasteiger partial charge in [-0.1, -0.05) is 26.0 Å². The highest BCUT2D eigenvalue weighted by atomic mass is 16.6. The van der Waals surface area contributed by atoms with E-state index in [1.807, 2.05) is 6.07 Å². The van der Waals surface area contributed by atoms with Crippen LogP contribution in [0.15, 0.2) is 46.1 Å². The molecule has 0 fully saturated rings. The van der Waals surface area contributed by atoms with Crippen molar-refractivity contribution in [3.8, 4) is 5.75 Å². The molecule has 0 aliphatic rings. The third-order valence-electron chi connectivity index (χ3n) is 3.32. The van der Waals surface area contributed by atoms with Crippen molar-refractivity contribution in [3.05, 3.63) is 52.9 Å². The van der Waals surface area contributed by atoms with Crippen LogP contribution in [-0.4, -0.2) is 19.2 Å². The molecule has 5 nitrogen and oxygen atoms in total. The van der Waals surface area contributed by atoms with Crippen molar-refractivity contribution in [2.75, 3.05) is 13.2 Å². The number of benzene rings is 1. The Bertz CT molecular complexity index is 745. The maximum Gasteiger partial charge on any atom is 0.344 e. The lowest BCUT2D eigenvalue weighted by Gasteiger charge is -2.08. The predicted molar refractivity (Wildman–Crippen MR) is 87.7 cm³/mol. The largest absolute Gasteiger partial charge is 0.482 e. The SMILES string of the molecule is C=CCOC(=O)COc1ccc2c(CCCC)cc(=O)oc2c1. The Labute approximate surface area is 134 Å². The number of esters is 1. The lowest BCUT2D eigenvalue weighted by molar-refractivity contribution is -0.144. The lowest BCUT2D eigenvalue weighted by Crippen LogP contribution is -2.14. The number of fused-ring (bicyclic) bond motifs is 1. The van der Waals surface area contributed by atoms with Crippen LogP contribution >= 0.6 is 0 Å². The Balaban J connectivity index is 2.16. The van der Waals surface area contributed by atoms with E-state index in [4.69, 9.17) is 13.9 Å². The monoisotopic (exact) mass is 316 g/mol. The van der Waals surface area contributed by atoms with Crippen molar-refractivity contribution in [1.82, 2.24) is 0 Å². The molecule has 0 N–H and O–H groups in total. The summed E-state index contributed by atoms with van der Waals surface area (Å²) in [6.07, 6.45) is 4.37. The number of carbonyl (C=O) groups excluding carboxylic acids is 1. The maximum absolute atomic E-state index is 11.7. The quantitative estimate of drug-likeness (QED) is 0.425. The predicted octanol–water partition coefficient (Wildman–Crippen LogP) is 3.24. The molecule has 2 aromatic rings. The summed E-state index contributed by atoms with van der Waals surface area (Å²) < 4.78 is 15.4. The molecule has 0 spiro atoms. The van der Waals surface area contributed by atoms with Crippen LogP contribution < -0.4 is 10.4 Å². The standard InChI is InChI=1S/C18H20O5/c1-3-5-6-13-10-17(19)23-16-11-14(7-8-15(13)16)22-12-18(20)21-9-4-2/h4,7-8,10-11H,2-3,5-6,9,12H2,1H3. The van der Waals surface area contributed by atoms with Crippen LogP contribution in [-0.2, 0) is 16.0 Å². The van der Waals surface area contributed by atoms with Crippen LogP contribution in [0.5, 0.6) is 5.75 Å². The smallest absolute Gasteiger partial charge is 0.344 e. The van der Waals surface area contributed by atoms with Crippen LogP contribution in [0.4, 0.5) is 0 Å². The topological polar surface area (TPSA) is 65.7 Å². The van der Waals surface area contributed by atoms with E-state index >= 15 is 0 Å². The van der Waals surface area contributed by atoms with Crippen LogP contribution in [0.3, 0.4) is 0 Å². The zero-order valence-corrected chi connectivity index (χ0v) is 13.2. The molecular weight excluding hydrogens is 296 g/mol. The molecule has 0 radical (unpaired) electrons. The second-order valence-electron chi connectivity index (χ2n) is 5.11. The summed E-state index contributed by atoms with van der Waals surface area (Å²) in [6.45, 7) is 5.50. The minimum atomic E-state index is -0.483. The first-order valence-electron chi connectivity index (χ1n) is 7.60. The summed E-state index contributed by atoms with van der Waals surface area (Å²) in [7, 11) is 0. The molecule has 0 aliphatic heterocycles. The van der Waals surface area contributed by atoms with Gasteiger partial charge in [0, 0.05) is 17.5 Å². The molecule has 2 rings (SSSR count). The first-order chi connectivity index (χ1) is 11.1. The summed E-state index contributed by atoms with van der Waals surface area (Å²) in [5, 5.41) is 0.889. The molecule has 1 aromatic heterocycles. The summed E-state index contributed by atoms with van der Waals surface area (Å²) >= 11 is 0. The van der Waals surface area contributed by atoms with E-state index in [9.17, 15) is 9.59 Å². The Morgan fingerprint density at radius 2 is 2.17 bits per heavy atom. The molecule has 1 aromatic carbocycles. The molecule has 0 saturated carbocycles. The second-order valence-corrected chi connectivity index (χ2v) is 5.11. The average molecular weight is 316 g/mol. The average Bonchev–Trinajstić information content (AvgIpc) is 2.55. The molecule has 23 heavy (non-hydrogen) atoms. The molecule has 122 valence electrons. The molecule has 5 heteroatoms. The van der Waals surface area contributed by atoms with Crippen LogP contribution in [0.2, 0.25) is 0 Å². The Morgan fingerprint density at radius 1 is 1.35 bits per heavy atom. The van der Waals surface area contributed by atoms with Gasteiger partial charge in [-0.25, -0.2) is 9.59 Å². The van der Waals surface area contributed by atoms with Gasteiger partial charge < -0.3 is 13.9 Å². The molecule has 0 atom stereocenters. The number of unbranched alkanes of at least 4 members (excludes halogenated alkanes) is 1. The van der Waals surface area contributed by atoms with Gasteiger partial charge in [0.25, 0.3) is 0 Å². The summed E-state index contributed by atoms with van der Waals surface area (Å²) in [4.78, 5) is 23.1. The van der Waals surface area contributed by atoms with Crippen molar-refractivity contribution < 1.29 is 18.7 Å². The Hall–Kier alpha value is -2.56. The van der Waals surface area contributed by atoms with Crippen LogP contribution in [0, 0.1) is 0 Å². The molecule has 0 aliphatic carbocycles.